The Bertz CT molecular complexity index is 869. The molecule has 0 radical (unpaired) electrons. The largest absolute Gasteiger partial charge is 0.346 e. The maximum atomic E-state index is 12.4. The molecule has 1 amide bonds. The molecule has 0 bridgehead atoms. The molecule has 3 aromatic rings. The van der Waals surface area contributed by atoms with Crippen LogP contribution in [-0.4, -0.2) is 30.6 Å². The van der Waals surface area contributed by atoms with Crippen molar-refractivity contribution in [2.24, 2.45) is 0 Å². The zero-order valence-corrected chi connectivity index (χ0v) is 14.5. The van der Waals surface area contributed by atoms with Gasteiger partial charge in [-0.3, -0.25) is 14.8 Å². The van der Waals surface area contributed by atoms with E-state index in [-0.39, 0.29) is 11.9 Å². The monoisotopic (exact) mass is 336 g/mol. The average molecular weight is 336 g/mol. The van der Waals surface area contributed by atoms with E-state index in [9.17, 15) is 4.79 Å². The molecule has 0 unspecified atom stereocenters. The molecule has 25 heavy (non-hydrogen) atoms. The highest BCUT2D eigenvalue weighted by molar-refractivity contribution is 5.95. The first-order valence-corrected chi connectivity index (χ1v) is 8.10. The van der Waals surface area contributed by atoms with E-state index < -0.39 is 0 Å². The molecule has 0 aliphatic rings. The Labute approximate surface area is 146 Å². The molecule has 1 aromatic carbocycles. The van der Waals surface area contributed by atoms with Gasteiger partial charge >= 0.3 is 0 Å². The molecule has 0 atom stereocenters. The van der Waals surface area contributed by atoms with E-state index in [0.717, 1.165) is 22.8 Å². The number of nitrogens with one attached hydrogen (secondary N) is 1. The Morgan fingerprint density at radius 2 is 2.04 bits per heavy atom. The Morgan fingerprint density at radius 1 is 1.20 bits per heavy atom. The van der Waals surface area contributed by atoms with E-state index >= 15 is 0 Å². The van der Waals surface area contributed by atoms with Gasteiger partial charge < -0.3 is 5.32 Å². The van der Waals surface area contributed by atoms with E-state index in [4.69, 9.17) is 0 Å². The standard InChI is InChI=1S/C18H20N6O/c1-12(2)24-17(22-11-23-24)14-5-4-6-15(7-14)18(25)21-10-16-9-19-13(3)8-20-16/h4-9,11-12H,10H2,1-3H3,(H,21,25). The van der Waals surface area contributed by atoms with Gasteiger partial charge in [0.1, 0.15) is 6.33 Å². The number of carbonyl (C=O) groups is 1. The van der Waals surface area contributed by atoms with Crippen molar-refractivity contribution < 1.29 is 4.79 Å². The lowest BCUT2D eigenvalue weighted by Crippen LogP contribution is -2.23. The van der Waals surface area contributed by atoms with Crippen LogP contribution in [0.1, 0.15) is 41.6 Å². The highest BCUT2D eigenvalue weighted by Gasteiger charge is 2.12. The first kappa shape index (κ1) is 16.8. The summed E-state index contributed by atoms with van der Waals surface area (Å²) in [7, 11) is 0. The summed E-state index contributed by atoms with van der Waals surface area (Å²) < 4.78 is 1.83. The molecule has 0 aliphatic carbocycles. The molecular weight excluding hydrogens is 316 g/mol. The minimum absolute atomic E-state index is 0.167. The fraction of sp³-hybridized carbons (Fsp3) is 0.278. The normalized spacial score (nSPS) is 10.9. The van der Waals surface area contributed by atoms with E-state index in [1.54, 1.807) is 18.5 Å². The number of nitrogens with zero attached hydrogens (tertiary/aromatic N) is 5. The van der Waals surface area contributed by atoms with Gasteiger partial charge in [-0.05, 0) is 32.9 Å². The van der Waals surface area contributed by atoms with Crippen LogP contribution in [0.2, 0.25) is 0 Å². The van der Waals surface area contributed by atoms with Crippen LogP contribution in [0.25, 0.3) is 11.4 Å². The molecule has 0 spiro atoms. The lowest BCUT2D eigenvalue weighted by molar-refractivity contribution is 0.0950. The van der Waals surface area contributed by atoms with Crippen LogP contribution in [0.5, 0.6) is 0 Å². The minimum Gasteiger partial charge on any atom is -0.346 e. The lowest BCUT2D eigenvalue weighted by atomic mass is 10.1. The Hall–Kier alpha value is -3.09. The van der Waals surface area contributed by atoms with E-state index in [2.05, 4.69) is 25.4 Å². The summed E-state index contributed by atoms with van der Waals surface area (Å²) in [5, 5.41) is 7.10. The summed E-state index contributed by atoms with van der Waals surface area (Å²) in [5.74, 6) is 0.578. The molecule has 2 heterocycles. The van der Waals surface area contributed by atoms with Crippen LogP contribution >= 0.6 is 0 Å². The number of aromatic nitrogens is 5. The van der Waals surface area contributed by atoms with E-state index in [1.807, 2.05) is 43.7 Å². The summed E-state index contributed by atoms with van der Waals surface area (Å²) in [4.78, 5) is 25.1. The van der Waals surface area contributed by atoms with Crippen molar-refractivity contribution in [3.63, 3.8) is 0 Å². The number of hydrogen-bond donors (Lipinski definition) is 1. The SMILES string of the molecule is Cc1cnc(CNC(=O)c2cccc(-c3ncnn3C(C)C)c2)cn1. The summed E-state index contributed by atoms with van der Waals surface area (Å²) in [5.41, 5.74) is 2.98. The van der Waals surface area contributed by atoms with Crippen LogP contribution in [0.15, 0.2) is 43.0 Å². The summed E-state index contributed by atoms with van der Waals surface area (Å²) in [6.45, 7) is 6.28. The van der Waals surface area contributed by atoms with Crippen LogP contribution < -0.4 is 5.32 Å². The van der Waals surface area contributed by atoms with Gasteiger partial charge in [-0.25, -0.2) is 9.67 Å². The fourth-order valence-corrected chi connectivity index (χ4v) is 2.42. The number of aryl methyl sites for hydroxylation is 1. The topological polar surface area (TPSA) is 85.6 Å². The van der Waals surface area contributed by atoms with Gasteiger partial charge in [-0.1, -0.05) is 12.1 Å². The Kier molecular flexibility index (Phi) is 4.83. The van der Waals surface area contributed by atoms with Crippen LogP contribution in [-0.2, 0) is 6.54 Å². The van der Waals surface area contributed by atoms with Gasteiger partial charge in [0.15, 0.2) is 5.82 Å². The maximum absolute atomic E-state index is 12.4. The van der Waals surface area contributed by atoms with Gasteiger partial charge in [0.25, 0.3) is 5.91 Å². The summed E-state index contributed by atoms with van der Waals surface area (Å²) >= 11 is 0. The van der Waals surface area contributed by atoms with Crippen LogP contribution in [0, 0.1) is 6.92 Å². The molecule has 3 rings (SSSR count). The van der Waals surface area contributed by atoms with Gasteiger partial charge in [-0.2, -0.15) is 5.10 Å². The molecule has 128 valence electrons. The molecule has 0 saturated carbocycles. The number of carbonyl (C=O) groups excluding carboxylic acids is 1. The predicted molar refractivity (Wildman–Crippen MR) is 93.8 cm³/mol. The molecule has 0 aliphatic heterocycles. The minimum atomic E-state index is -0.167. The number of hydrogen-bond acceptors (Lipinski definition) is 5. The lowest BCUT2D eigenvalue weighted by Gasteiger charge is -2.10. The first-order valence-electron chi connectivity index (χ1n) is 8.10. The second kappa shape index (κ2) is 7.21. The number of rotatable bonds is 5. The molecular formula is C18H20N6O. The highest BCUT2D eigenvalue weighted by Crippen LogP contribution is 2.20. The van der Waals surface area contributed by atoms with Gasteiger partial charge in [0.2, 0.25) is 0 Å². The van der Waals surface area contributed by atoms with Crippen molar-refractivity contribution in [3.8, 4) is 11.4 Å². The molecule has 7 heteroatoms. The third-order valence-electron chi connectivity index (χ3n) is 3.71. The van der Waals surface area contributed by atoms with Crippen molar-refractivity contribution in [2.45, 2.75) is 33.4 Å². The van der Waals surface area contributed by atoms with Crippen LogP contribution in [0.3, 0.4) is 0 Å². The van der Waals surface area contributed by atoms with Crippen molar-refractivity contribution in [1.29, 1.82) is 0 Å². The zero-order valence-electron chi connectivity index (χ0n) is 14.5. The van der Waals surface area contributed by atoms with Crippen molar-refractivity contribution in [3.05, 3.63) is 59.9 Å². The summed E-state index contributed by atoms with van der Waals surface area (Å²) in [6.07, 6.45) is 4.87. The molecule has 2 aromatic heterocycles. The van der Waals surface area contributed by atoms with Gasteiger partial charge in [0, 0.05) is 23.4 Å². The average Bonchev–Trinajstić information content (AvgIpc) is 3.11. The van der Waals surface area contributed by atoms with Crippen molar-refractivity contribution in [2.75, 3.05) is 0 Å². The summed E-state index contributed by atoms with van der Waals surface area (Å²) in [6, 6.07) is 7.55. The maximum Gasteiger partial charge on any atom is 0.251 e. The van der Waals surface area contributed by atoms with Crippen molar-refractivity contribution >= 4 is 5.91 Å². The second-order valence-corrected chi connectivity index (χ2v) is 6.03. The van der Waals surface area contributed by atoms with Gasteiger partial charge in [0.05, 0.1) is 24.1 Å². The molecule has 1 N–H and O–H groups in total. The molecule has 0 saturated heterocycles. The Balaban J connectivity index is 1.75. The Morgan fingerprint density at radius 3 is 2.76 bits per heavy atom. The quantitative estimate of drug-likeness (QED) is 0.774. The first-order chi connectivity index (χ1) is 12.0. The van der Waals surface area contributed by atoms with Gasteiger partial charge in [-0.15, -0.1) is 0 Å². The highest BCUT2D eigenvalue weighted by atomic mass is 16.1. The molecule has 7 nitrogen and oxygen atoms in total. The van der Waals surface area contributed by atoms with E-state index in [1.165, 1.54) is 6.33 Å². The number of amides is 1. The number of benzene rings is 1. The smallest absolute Gasteiger partial charge is 0.251 e. The fourth-order valence-electron chi connectivity index (χ4n) is 2.42. The third-order valence-corrected chi connectivity index (χ3v) is 3.71. The molecule has 0 fully saturated rings. The van der Waals surface area contributed by atoms with Crippen molar-refractivity contribution in [1.82, 2.24) is 30.0 Å². The second-order valence-electron chi connectivity index (χ2n) is 6.03. The van der Waals surface area contributed by atoms with E-state index in [0.29, 0.717) is 12.1 Å². The zero-order chi connectivity index (χ0) is 17.8. The van der Waals surface area contributed by atoms with Crippen LogP contribution in [0.4, 0.5) is 0 Å². The third kappa shape index (κ3) is 3.88. The predicted octanol–water partition coefficient (Wildman–Crippen LogP) is 2.55.